The minimum absolute atomic E-state index is 0.104. The van der Waals surface area contributed by atoms with Gasteiger partial charge in [-0.05, 0) is 42.8 Å². The fourth-order valence-electron chi connectivity index (χ4n) is 2.74. The SMILES string of the molecule is COc1ccc(N2CCOCC2)cc1NS(=O)(=O)c1ccc(C)c(Cl)c1. The Balaban J connectivity index is 1.92. The monoisotopic (exact) mass is 396 g/mol. The third-order valence-electron chi connectivity index (χ3n) is 4.26. The molecule has 0 unspecified atom stereocenters. The molecule has 2 aromatic carbocycles. The summed E-state index contributed by atoms with van der Waals surface area (Å²) in [4.78, 5) is 2.25. The van der Waals surface area contributed by atoms with Crippen LogP contribution in [0.15, 0.2) is 41.3 Å². The molecule has 1 aliphatic heterocycles. The lowest BCUT2D eigenvalue weighted by Crippen LogP contribution is -2.36. The van der Waals surface area contributed by atoms with E-state index in [0.717, 1.165) is 24.3 Å². The predicted octanol–water partition coefficient (Wildman–Crippen LogP) is 3.29. The molecule has 0 aliphatic carbocycles. The van der Waals surface area contributed by atoms with E-state index in [9.17, 15) is 8.42 Å². The minimum Gasteiger partial charge on any atom is -0.495 e. The second-order valence-electron chi connectivity index (χ2n) is 6.00. The average molecular weight is 397 g/mol. The highest BCUT2D eigenvalue weighted by molar-refractivity contribution is 7.92. The third-order valence-corrected chi connectivity index (χ3v) is 6.03. The molecule has 3 rings (SSSR count). The molecule has 1 fully saturated rings. The molecule has 0 spiro atoms. The standard InChI is InChI=1S/C18H21ClN2O4S/c1-13-3-5-15(12-16(13)19)26(22,23)20-17-11-14(4-6-18(17)24-2)21-7-9-25-10-8-21/h3-6,11-12,20H,7-10H2,1-2H3. The number of benzene rings is 2. The highest BCUT2D eigenvalue weighted by atomic mass is 35.5. The fourth-order valence-corrected chi connectivity index (χ4v) is 4.07. The number of ether oxygens (including phenoxy) is 2. The molecule has 0 bridgehead atoms. The molecule has 0 amide bonds. The van der Waals surface area contributed by atoms with Gasteiger partial charge in [-0.25, -0.2) is 8.42 Å². The highest BCUT2D eigenvalue weighted by Gasteiger charge is 2.19. The summed E-state index contributed by atoms with van der Waals surface area (Å²) in [5, 5.41) is 0.405. The summed E-state index contributed by atoms with van der Waals surface area (Å²) in [5.74, 6) is 0.448. The average Bonchev–Trinajstić information content (AvgIpc) is 2.64. The maximum Gasteiger partial charge on any atom is 0.262 e. The Morgan fingerprint density at radius 2 is 1.88 bits per heavy atom. The zero-order valence-electron chi connectivity index (χ0n) is 14.7. The molecule has 0 saturated carbocycles. The van der Waals surface area contributed by atoms with E-state index >= 15 is 0 Å². The topological polar surface area (TPSA) is 67.9 Å². The number of hydrogen-bond acceptors (Lipinski definition) is 5. The van der Waals surface area contributed by atoms with Crippen molar-refractivity contribution in [2.45, 2.75) is 11.8 Å². The number of methoxy groups -OCH3 is 1. The van der Waals surface area contributed by atoms with Crippen molar-refractivity contribution in [3.8, 4) is 5.75 Å². The number of anilines is 2. The lowest BCUT2D eigenvalue weighted by molar-refractivity contribution is 0.122. The summed E-state index contributed by atoms with van der Waals surface area (Å²) in [5.41, 5.74) is 2.11. The predicted molar refractivity (Wildman–Crippen MR) is 103 cm³/mol. The summed E-state index contributed by atoms with van der Waals surface area (Å²) in [7, 11) is -2.29. The maximum absolute atomic E-state index is 12.8. The largest absolute Gasteiger partial charge is 0.495 e. The van der Waals surface area contributed by atoms with Crippen molar-refractivity contribution < 1.29 is 17.9 Å². The van der Waals surface area contributed by atoms with Gasteiger partial charge >= 0.3 is 0 Å². The zero-order valence-corrected chi connectivity index (χ0v) is 16.2. The molecule has 0 radical (unpaired) electrons. The van der Waals surface area contributed by atoms with Gasteiger partial charge in [0.1, 0.15) is 5.75 Å². The Labute approximate surface area is 158 Å². The maximum atomic E-state index is 12.8. The van der Waals surface area contributed by atoms with Crippen LogP contribution in [0.25, 0.3) is 0 Å². The second-order valence-corrected chi connectivity index (χ2v) is 8.09. The van der Waals surface area contributed by atoms with E-state index in [1.807, 2.05) is 13.0 Å². The lowest BCUT2D eigenvalue weighted by atomic mass is 10.2. The molecule has 8 heteroatoms. The molecule has 140 valence electrons. The summed E-state index contributed by atoms with van der Waals surface area (Å²) < 4.78 is 38.8. The molecule has 1 heterocycles. The molecule has 2 aromatic rings. The van der Waals surface area contributed by atoms with E-state index in [0.29, 0.717) is 29.7 Å². The van der Waals surface area contributed by atoms with Crippen LogP contribution in [-0.2, 0) is 14.8 Å². The van der Waals surface area contributed by atoms with Crippen molar-refractivity contribution in [1.29, 1.82) is 0 Å². The van der Waals surface area contributed by atoms with E-state index in [1.54, 1.807) is 18.2 Å². The third kappa shape index (κ3) is 4.06. The van der Waals surface area contributed by atoms with Crippen LogP contribution in [0.1, 0.15) is 5.56 Å². The normalized spacial score (nSPS) is 15.0. The Morgan fingerprint density at radius 3 is 2.54 bits per heavy atom. The van der Waals surface area contributed by atoms with Gasteiger partial charge in [-0.15, -0.1) is 0 Å². The van der Waals surface area contributed by atoms with E-state index in [1.165, 1.54) is 19.2 Å². The van der Waals surface area contributed by atoms with Crippen LogP contribution in [0.2, 0.25) is 5.02 Å². The van der Waals surface area contributed by atoms with E-state index in [4.69, 9.17) is 21.1 Å². The first kappa shape index (κ1) is 18.8. The van der Waals surface area contributed by atoms with Gasteiger partial charge in [-0.1, -0.05) is 17.7 Å². The molecule has 1 saturated heterocycles. The number of nitrogens with one attached hydrogen (secondary N) is 1. The number of aryl methyl sites for hydroxylation is 1. The number of nitrogens with zero attached hydrogens (tertiary/aromatic N) is 1. The van der Waals surface area contributed by atoms with E-state index in [2.05, 4.69) is 9.62 Å². The molecular formula is C18H21ClN2O4S. The smallest absolute Gasteiger partial charge is 0.262 e. The van der Waals surface area contributed by atoms with Crippen molar-refractivity contribution in [3.05, 3.63) is 47.0 Å². The molecule has 0 aromatic heterocycles. The van der Waals surface area contributed by atoms with Gasteiger partial charge in [0.2, 0.25) is 0 Å². The molecule has 1 N–H and O–H groups in total. The first-order chi connectivity index (χ1) is 12.4. The number of morpholine rings is 1. The van der Waals surface area contributed by atoms with Gasteiger partial charge < -0.3 is 14.4 Å². The Kier molecular flexibility index (Phi) is 5.60. The minimum atomic E-state index is -3.79. The van der Waals surface area contributed by atoms with Crippen LogP contribution in [0, 0.1) is 6.92 Å². The fraction of sp³-hybridized carbons (Fsp3) is 0.333. The van der Waals surface area contributed by atoms with Gasteiger partial charge in [-0.3, -0.25) is 4.72 Å². The van der Waals surface area contributed by atoms with E-state index < -0.39 is 10.0 Å². The first-order valence-electron chi connectivity index (χ1n) is 8.20. The molecule has 1 aliphatic rings. The van der Waals surface area contributed by atoms with Crippen LogP contribution in [0.5, 0.6) is 5.75 Å². The van der Waals surface area contributed by atoms with Crippen LogP contribution >= 0.6 is 11.6 Å². The number of rotatable bonds is 5. The molecular weight excluding hydrogens is 376 g/mol. The summed E-state index contributed by atoms with van der Waals surface area (Å²) in [6, 6.07) is 10.1. The first-order valence-corrected chi connectivity index (χ1v) is 10.1. The van der Waals surface area contributed by atoms with Gasteiger partial charge in [0.25, 0.3) is 10.0 Å². The quantitative estimate of drug-likeness (QED) is 0.839. The molecule has 6 nitrogen and oxygen atoms in total. The summed E-state index contributed by atoms with van der Waals surface area (Å²) >= 11 is 6.07. The van der Waals surface area contributed by atoms with Gasteiger partial charge in [-0.2, -0.15) is 0 Å². The van der Waals surface area contributed by atoms with Crippen molar-refractivity contribution in [2.24, 2.45) is 0 Å². The van der Waals surface area contributed by atoms with Crippen LogP contribution in [-0.4, -0.2) is 41.8 Å². The lowest BCUT2D eigenvalue weighted by Gasteiger charge is -2.29. The number of sulfonamides is 1. The van der Waals surface area contributed by atoms with Crippen molar-refractivity contribution in [3.63, 3.8) is 0 Å². The number of hydrogen-bond donors (Lipinski definition) is 1. The Hall–Kier alpha value is -1.96. The van der Waals surface area contributed by atoms with Gasteiger partial charge in [0.15, 0.2) is 0 Å². The second kappa shape index (κ2) is 7.73. The molecule has 26 heavy (non-hydrogen) atoms. The summed E-state index contributed by atoms with van der Waals surface area (Å²) in [6.45, 7) is 4.63. The van der Waals surface area contributed by atoms with Crippen LogP contribution < -0.4 is 14.4 Å². The Bertz CT molecular complexity index is 896. The molecule has 0 atom stereocenters. The highest BCUT2D eigenvalue weighted by Crippen LogP contribution is 2.32. The summed E-state index contributed by atoms with van der Waals surface area (Å²) in [6.07, 6.45) is 0. The van der Waals surface area contributed by atoms with Gasteiger partial charge in [0.05, 0.1) is 30.9 Å². The number of halogens is 1. The van der Waals surface area contributed by atoms with Gasteiger partial charge in [0, 0.05) is 23.8 Å². The zero-order chi connectivity index (χ0) is 18.7. The van der Waals surface area contributed by atoms with Crippen LogP contribution in [0.3, 0.4) is 0 Å². The van der Waals surface area contributed by atoms with Crippen molar-refractivity contribution >= 4 is 33.0 Å². The van der Waals surface area contributed by atoms with E-state index in [-0.39, 0.29) is 4.90 Å². The van der Waals surface area contributed by atoms with Crippen LogP contribution in [0.4, 0.5) is 11.4 Å². The Morgan fingerprint density at radius 1 is 1.15 bits per heavy atom. The van der Waals surface area contributed by atoms with Crippen molar-refractivity contribution in [2.75, 3.05) is 43.0 Å². The van der Waals surface area contributed by atoms with Crippen molar-refractivity contribution in [1.82, 2.24) is 0 Å².